The number of amides is 1. The van der Waals surface area contributed by atoms with Crippen LogP contribution in [0.5, 0.6) is 0 Å². The molecule has 3 rings (SSSR count). The Hall–Kier alpha value is -1.35. The standard InChI is InChI=1S/C12H14N2O.C2H6/c1-14-6-8-3-2-4-10-12(8)9(7-14)5-11(15)13-10;1-2/h2-4,9H,5-7H2,1H3,(H,13,15);1-2H3. The van der Waals surface area contributed by atoms with Gasteiger partial charge in [0.25, 0.3) is 0 Å². The number of nitrogens with one attached hydrogen (secondary N) is 1. The lowest BCUT2D eigenvalue weighted by atomic mass is 9.84. The van der Waals surface area contributed by atoms with Crippen LogP contribution in [0.1, 0.15) is 37.3 Å². The monoisotopic (exact) mass is 232 g/mol. The summed E-state index contributed by atoms with van der Waals surface area (Å²) >= 11 is 0. The summed E-state index contributed by atoms with van der Waals surface area (Å²) in [7, 11) is 2.11. The van der Waals surface area contributed by atoms with E-state index in [-0.39, 0.29) is 5.91 Å². The van der Waals surface area contributed by atoms with Gasteiger partial charge in [0, 0.05) is 31.1 Å². The Balaban J connectivity index is 0.000000514. The van der Waals surface area contributed by atoms with Crippen molar-refractivity contribution in [1.29, 1.82) is 0 Å². The van der Waals surface area contributed by atoms with Gasteiger partial charge in [0.2, 0.25) is 5.91 Å². The molecule has 2 aliphatic heterocycles. The Morgan fingerprint density at radius 3 is 2.88 bits per heavy atom. The first kappa shape index (κ1) is 12.1. The molecule has 92 valence electrons. The van der Waals surface area contributed by atoms with E-state index in [0.717, 1.165) is 18.8 Å². The number of nitrogens with zero attached hydrogens (tertiary/aromatic N) is 1. The zero-order chi connectivity index (χ0) is 12.4. The van der Waals surface area contributed by atoms with Gasteiger partial charge >= 0.3 is 0 Å². The van der Waals surface area contributed by atoms with Crippen molar-refractivity contribution in [2.24, 2.45) is 0 Å². The molecule has 0 radical (unpaired) electrons. The maximum Gasteiger partial charge on any atom is 0.225 e. The van der Waals surface area contributed by atoms with E-state index in [0.29, 0.717) is 12.3 Å². The first-order valence-electron chi connectivity index (χ1n) is 6.34. The molecule has 1 unspecified atom stereocenters. The Kier molecular flexibility index (Phi) is 3.48. The smallest absolute Gasteiger partial charge is 0.225 e. The van der Waals surface area contributed by atoms with E-state index in [1.54, 1.807) is 0 Å². The van der Waals surface area contributed by atoms with Crippen LogP contribution in [0.3, 0.4) is 0 Å². The van der Waals surface area contributed by atoms with Crippen LogP contribution in [0.4, 0.5) is 5.69 Å². The van der Waals surface area contributed by atoms with Crippen molar-refractivity contribution in [3.05, 3.63) is 29.3 Å². The Bertz CT molecular complexity index is 428. The molecule has 2 aliphatic rings. The van der Waals surface area contributed by atoms with E-state index in [4.69, 9.17) is 0 Å². The van der Waals surface area contributed by atoms with Crippen LogP contribution in [0.2, 0.25) is 0 Å². The highest BCUT2D eigenvalue weighted by Crippen LogP contribution is 2.38. The largest absolute Gasteiger partial charge is 0.326 e. The van der Waals surface area contributed by atoms with E-state index in [9.17, 15) is 4.79 Å². The number of hydrogen-bond acceptors (Lipinski definition) is 2. The first-order chi connectivity index (χ1) is 8.24. The molecule has 0 saturated heterocycles. The van der Waals surface area contributed by atoms with E-state index in [2.05, 4.69) is 23.3 Å². The summed E-state index contributed by atoms with van der Waals surface area (Å²) in [4.78, 5) is 13.8. The van der Waals surface area contributed by atoms with Gasteiger partial charge in [-0.25, -0.2) is 0 Å². The van der Waals surface area contributed by atoms with Crippen LogP contribution in [-0.4, -0.2) is 24.4 Å². The van der Waals surface area contributed by atoms with Crippen LogP contribution in [-0.2, 0) is 11.3 Å². The number of likely N-dealkylation sites (N-methyl/N-ethyl adjacent to an activating group) is 1. The van der Waals surface area contributed by atoms with Crippen LogP contribution < -0.4 is 5.32 Å². The molecular weight excluding hydrogens is 212 g/mol. The molecule has 0 spiro atoms. The molecule has 1 N–H and O–H groups in total. The molecule has 0 saturated carbocycles. The Morgan fingerprint density at radius 1 is 1.35 bits per heavy atom. The normalized spacial score (nSPS) is 22.1. The highest BCUT2D eigenvalue weighted by Gasteiger charge is 2.31. The minimum Gasteiger partial charge on any atom is -0.326 e. The third-order valence-corrected chi connectivity index (χ3v) is 3.28. The predicted molar refractivity (Wildman–Crippen MR) is 70.1 cm³/mol. The second-order valence-electron chi connectivity index (χ2n) is 4.52. The number of carbonyl (C=O) groups is 1. The maximum absolute atomic E-state index is 11.5. The highest BCUT2D eigenvalue weighted by molar-refractivity contribution is 5.95. The number of rotatable bonds is 0. The second kappa shape index (κ2) is 4.88. The first-order valence-corrected chi connectivity index (χ1v) is 6.34. The van der Waals surface area contributed by atoms with Gasteiger partial charge in [-0.3, -0.25) is 4.79 Å². The molecule has 17 heavy (non-hydrogen) atoms. The van der Waals surface area contributed by atoms with Gasteiger partial charge in [0.15, 0.2) is 0 Å². The van der Waals surface area contributed by atoms with Gasteiger partial charge < -0.3 is 10.2 Å². The average Bonchev–Trinajstić information content (AvgIpc) is 2.30. The highest BCUT2D eigenvalue weighted by atomic mass is 16.1. The van der Waals surface area contributed by atoms with Crippen LogP contribution >= 0.6 is 0 Å². The number of benzene rings is 1. The SMILES string of the molecule is CC.CN1Cc2cccc3c2C(CC(=O)N3)C1. The Morgan fingerprint density at radius 2 is 2.12 bits per heavy atom. The molecule has 0 bridgehead atoms. The van der Waals surface area contributed by atoms with Crippen molar-refractivity contribution >= 4 is 11.6 Å². The summed E-state index contributed by atoms with van der Waals surface area (Å²) < 4.78 is 0. The number of carbonyl (C=O) groups excluding carboxylic acids is 1. The quantitative estimate of drug-likeness (QED) is 0.745. The lowest BCUT2D eigenvalue weighted by Crippen LogP contribution is -2.36. The molecule has 1 amide bonds. The third-order valence-electron chi connectivity index (χ3n) is 3.28. The van der Waals surface area contributed by atoms with Crippen molar-refractivity contribution in [2.45, 2.75) is 32.7 Å². The fraction of sp³-hybridized carbons (Fsp3) is 0.500. The lowest BCUT2D eigenvalue weighted by Gasteiger charge is -2.36. The molecule has 0 aromatic heterocycles. The van der Waals surface area contributed by atoms with E-state index < -0.39 is 0 Å². The van der Waals surface area contributed by atoms with Crippen LogP contribution in [0.25, 0.3) is 0 Å². The molecule has 3 heteroatoms. The van der Waals surface area contributed by atoms with Gasteiger partial charge in [-0.05, 0) is 24.2 Å². The lowest BCUT2D eigenvalue weighted by molar-refractivity contribution is -0.117. The number of hydrogen-bond donors (Lipinski definition) is 1. The summed E-state index contributed by atoms with van der Waals surface area (Å²) in [6, 6.07) is 6.20. The minimum atomic E-state index is 0.153. The average molecular weight is 232 g/mol. The Labute approximate surface area is 103 Å². The maximum atomic E-state index is 11.5. The van der Waals surface area contributed by atoms with Gasteiger partial charge in [-0.1, -0.05) is 26.0 Å². The van der Waals surface area contributed by atoms with Crippen molar-refractivity contribution in [2.75, 3.05) is 18.9 Å². The summed E-state index contributed by atoms with van der Waals surface area (Å²) in [6.45, 7) is 5.99. The topological polar surface area (TPSA) is 32.3 Å². The van der Waals surface area contributed by atoms with Crippen molar-refractivity contribution in [3.8, 4) is 0 Å². The van der Waals surface area contributed by atoms with E-state index >= 15 is 0 Å². The molecule has 3 nitrogen and oxygen atoms in total. The van der Waals surface area contributed by atoms with Gasteiger partial charge in [0.05, 0.1) is 0 Å². The zero-order valence-corrected chi connectivity index (χ0v) is 10.8. The van der Waals surface area contributed by atoms with Gasteiger partial charge in [0.1, 0.15) is 0 Å². The van der Waals surface area contributed by atoms with Crippen LogP contribution in [0, 0.1) is 0 Å². The minimum absolute atomic E-state index is 0.153. The van der Waals surface area contributed by atoms with Crippen molar-refractivity contribution in [3.63, 3.8) is 0 Å². The fourth-order valence-corrected chi connectivity index (χ4v) is 2.76. The zero-order valence-electron chi connectivity index (χ0n) is 10.8. The number of anilines is 1. The van der Waals surface area contributed by atoms with E-state index in [1.807, 2.05) is 26.0 Å². The predicted octanol–water partition coefficient (Wildman–Crippen LogP) is 2.58. The second-order valence-corrected chi connectivity index (χ2v) is 4.52. The molecule has 1 atom stereocenters. The third kappa shape index (κ3) is 2.20. The van der Waals surface area contributed by atoms with Gasteiger partial charge in [-0.15, -0.1) is 0 Å². The van der Waals surface area contributed by atoms with Crippen molar-refractivity contribution < 1.29 is 4.79 Å². The molecular formula is C14H20N2O. The van der Waals surface area contributed by atoms with E-state index in [1.165, 1.54) is 11.1 Å². The van der Waals surface area contributed by atoms with Gasteiger partial charge in [-0.2, -0.15) is 0 Å². The summed E-state index contributed by atoms with van der Waals surface area (Å²) in [5.74, 6) is 0.545. The summed E-state index contributed by atoms with van der Waals surface area (Å²) in [6.07, 6.45) is 0.633. The van der Waals surface area contributed by atoms with Crippen LogP contribution in [0.15, 0.2) is 18.2 Å². The van der Waals surface area contributed by atoms with Crippen molar-refractivity contribution in [1.82, 2.24) is 4.90 Å². The molecule has 2 heterocycles. The molecule has 1 aromatic rings. The molecule has 0 fully saturated rings. The summed E-state index contributed by atoms with van der Waals surface area (Å²) in [5, 5.41) is 2.96. The fourth-order valence-electron chi connectivity index (χ4n) is 2.76. The summed E-state index contributed by atoms with van der Waals surface area (Å²) in [5.41, 5.74) is 3.77. The molecule has 0 aliphatic carbocycles. The molecule has 1 aromatic carbocycles.